The SMILES string of the molecule is Cc1ccccc1N(C)c1nnc(Cl)c(C)c1C. The van der Waals surface area contributed by atoms with E-state index < -0.39 is 0 Å². The second-order valence-electron chi connectivity index (χ2n) is 4.41. The maximum absolute atomic E-state index is 5.98. The smallest absolute Gasteiger partial charge is 0.158 e. The van der Waals surface area contributed by atoms with Crippen molar-refractivity contribution in [3.8, 4) is 0 Å². The highest BCUT2D eigenvalue weighted by molar-refractivity contribution is 6.30. The number of aromatic nitrogens is 2. The summed E-state index contributed by atoms with van der Waals surface area (Å²) >= 11 is 5.98. The van der Waals surface area contributed by atoms with Crippen LogP contribution in [0, 0.1) is 20.8 Å². The third-order valence-electron chi connectivity index (χ3n) is 3.23. The monoisotopic (exact) mass is 261 g/mol. The summed E-state index contributed by atoms with van der Waals surface area (Å²) in [4.78, 5) is 2.04. The number of halogens is 1. The number of para-hydroxylation sites is 1. The molecule has 2 rings (SSSR count). The first-order chi connectivity index (χ1) is 8.52. The topological polar surface area (TPSA) is 29.0 Å². The molecule has 0 spiro atoms. The van der Waals surface area contributed by atoms with Gasteiger partial charge in [-0.25, -0.2) is 0 Å². The second kappa shape index (κ2) is 4.94. The van der Waals surface area contributed by atoms with Crippen LogP contribution in [0.3, 0.4) is 0 Å². The van der Waals surface area contributed by atoms with E-state index in [0.717, 1.165) is 22.6 Å². The molecule has 94 valence electrons. The van der Waals surface area contributed by atoms with Crippen molar-refractivity contribution in [2.45, 2.75) is 20.8 Å². The van der Waals surface area contributed by atoms with Gasteiger partial charge in [0.15, 0.2) is 11.0 Å². The number of nitrogens with zero attached hydrogens (tertiary/aromatic N) is 3. The molecule has 0 aliphatic carbocycles. The number of benzene rings is 1. The van der Waals surface area contributed by atoms with Gasteiger partial charge >= 0.3 is 0 Å². The Kier molecular flexibility index (Phi) is 3.53. The van der Waals surface area contributed by atoms with Crippen molar-refractivity contribution < 1.29 is 0 Å². The molecular weight excluding hydrogens is 246 g/mol. The fraction of sp³-hybridized carbons (Fsp3) is 0.286. The van der Waals surface area contributed by atoms with Crippen LogP contribution >= 0.6 is 11.6 Å². The highest BCUT2D eigenvalue weighted by atomic mass is 35.5. The van der Waals surface area contributed by atoms with Gasteiger partial charge in [-0.1, -0.05) is 29.8 Å². The van der Waals surface area contributed by atoms with E-state index in [1.54, 1.807) is 0 Å². The van der Waals surface area contributed by atoms with Gasteiger partial charge in [-0.05, 0) is 43.5 Å². The van der Waals surface area contributed by atoms with E-state index in [9.17, 15) is 0 Å². The molecule has 0 saturated heterocycles. The van der Waals surface area contributed by atoms with Crippen LogP contribution in [0.1, 0.15) is 16.7 Å². The quantitative estimate of drug-likeness (QED) is 0.823. The number of hydrogen-bond acceptors (Lipinski definition) is 3. The van der Waals surface area contributed by atoms with Crippen LogP contribution in [-0.2, 0) is 0 Å². The fourth-order valence-corrected chi connectivity index (χ4v) is 2.12. The van der Waals surface area contributed by atoms with E-state index >= 15 is 0 Å². The first-order valence-corrected chi connectivity index (χ1v) is 6.19. The summed E-state index contributed by atoms with van der Waals surface area (Å²) in [5.74, 6) is 0.839. The molecule has 0 bridgehead atoms. The van der Waals surface area contributed by atoms with Gasteiger partial charge < -0.3 is 4.90 Å². The van der Waals surface area contributed by atoms with Gasteiger partial charge in [-0.3, -0.25) is 0 Å². The molecule has 2 aromatic rings. The van der Waals surface area contributed by atoms with Crippen molar-refractivity contribution in [3.63, 3.8) is 0 Å². The van der Waals surface area contributed by atoms with Crippen LogP contribution in [0.25, 0.3) is 0 Å². The Morgan fingerprint density at radius 3 is 2.33 bits per heavy atom. The Balaban J connectivity index is 2.50. The third kappa shape index (κ3) is 2.18. The van der Waals surface area contributed by atoms with Crippen molar-refractivity contribution in [2.75, 3.05) is 11.9 Å². The van der Waals surface area contributed by atoms with E-state index in [-0.39, 0.29) is 0 Å². The molecule has 0 radical (unpaired) electrons. The molecule has 1 aromatic carbocycles. The van der Waals surface area contributed by atoms with E-state index in [1.165, 1.54) is 5.56 Å². The van der Waals surface area contributed by atoms with Gasteiger partial charge in [0.2, 0.25) is 0 Å². The summed E-state index contributed by atoms with van der Waals surface area (Å²) in [6.07, 6.45) is 0. The maximum atomic E-state index is 5.98. The lowest BCUT2D eigenvalue weighted by molar-refractivity contribution is 0.955. The molecule has 0 saturated carbocycles. The van der Waals surface area contributed by atoms with Crippen LogP contribution in [-0.4, -0.2) is 17.2 Å². The van der Waals surface area contributed by atoms with Gasteiger partial charge in [0, 0.05) is 12.7 Å². The van der Waals surface area contributed by atoms with Gasteiger partial charge in [-0.15, -0.1) is 10.2 Å². The van der Waals surface area contributed by atoms with Crippen LogP contribution < -0.4 is 4.90 Å². The van der Waals surface area contributed by atoms with Crippen LogP contribution in [0.4, 0.5) is 11.5 Å². The number of aryl methyl sites for hydroxylation is 1. The minimum Gasteiger partial charge on any atom is -0.328 e. The lowest BCUT2D eigenvalue weighted by atomic mass is 10.1. The average Bonchev–Trinajstić information content (AvgIpc) is 2.36. The highest BCUT2D eigenvalue weighted by Crippen LogP contribution is 2.29. The van der Waals surface area contributed by atoms with Crippen LogP contribution in [0.2, 0.25) is 5.15 Å². The van der Waals surface area contributed by atoms with Crippen molar-refractivity contribution >= 4 is 23.1 Å². The summed E-state index contributed by atoms with van der Waals surface area (Å²) < 4.78 is 0. The fourth-order valence-electron chi connectivity index (χ4n) is 1.94. The van der Waals surface area contributed by atoms with Crippen molar-refractivity contribution in [1.29, 1.82) is 0 Å². The van der Waals surface area contributed by atoms with Gasteiger partial charge in [-0.2, -0.15) is 0 Å². The molecule has 0 unspecified atom stereocenters. The first kappa shape index (κ1) is 12.8. The maximum Gasteiger partial charge on any atom is 0.158 e. The van der Waals surface area contributed by atoms with Gasteiger partial charge in [0.05, 0.1) is 0 Å². The van der Waals surface area contributed by atoms with E-state index in [2.05, 4.69) is 29.3 Å². The number of rotatable bonds is 2. The third-order valence-corrected chi connectivity index (χ3v) is 3.59. The van der Waals surface area contributed by atoms with Crippen LogP contribution in [0.15, 0.2) is 24.3 Å². The molecule has 0 atom stereocenters. The minimum absolute atomic E-state index is 0.467. The Morgan fingerprint density at radius 1 is 1.00 bits per heavy atom. The number of anilines is 2. The lowest BCUT2D eigenvalue weighted by Gasteiger charge is -2.22. The summed E-state index contributed by atoms with van der Waals surface area (Å²) in [7, 11) is 1.99. The summed E-state index contributed by atoms with van der Waals surface area (Å²) in [5, 5.41) is 8.66. The molecule has 0 amide bonds. The number of hydrogen-bond donors (Lipinski definition) is 0. The van der Waals surface area contributed by atoms with Crippen LogP contribution in [0.5, 0.6) is 0 Å². The molecule has 0 fully saturated rings. The zero-order chi connectivity index (χ0) is 13.3. The molecule has 4 heteroatoms. The molecular formula is C14H16ClN3. The molecule has 1 heterocycles. The van der Waals surface area contributed by atoms with Gasteiger partial charge in [0.25, 0.3) is 0 Å². The van der Waals surface area contributed by atoms with Crippen molar-refractivity contribution in [1.82, 2.24) is 10.2 Å². The normalized spacial score (nSPS) is 10.5. The predicted molar refractivity (Wildman–Crippen MR) is 75.8 cm³/mol. The Morgan fingerprint density at radius 2 is 1.67 bits per heavy atom. The molecule has 1 aromatic heterocycles. The zero-order valence-corrected chi connectivity index (χ0v) is 11.8. The van der Waals surface area contributed by atoms with E-state index in [0.29, 0.717) is 5.15 Å². The van der Waals surface area contributed by atoms with E-state index in [1.807, 2.05) is 37.9 Å². The summed E-state index contributed by atoms with van der Waals surface area (Å²) in [5.41, 5.74) is 4.35. The van der Waals surface area contributed by atoms with Crippen molar-refractivity contribution in [3.05, 3.63) is 46.1 Å². The van der Waals surface area contributed by atoms with Gasteiger partial charge in [0.1, 0.15) is 0 Å². The molecule has 0 aliphatic rings. The standard InChI is InChI=1S/C14H16ClN3/c1-9-7-5-6-8-12(9)18(4)14-11(3)10(2)13(15)16-17-14/h5-8H,1-4H3. The second-order valence-corrected chi connectivity index (χ2v) is 4.77. The summed E-state index contributed by atoms with van der Waals surface area (Å²) in [6.45, 7) is 6.05. The molecule has 18 heavy (non-hydrogen) atoms. The highest BCUT2D eigenvalue weighted by Gasteiger charge is 2.14. The Hall–Kier alpha value is -1.61. The average molecular weight is 262 g/mol. The Bertz CT molecular complexity index is 581. The van der Waals surface area contributed by atoms with Crippen molar-refractivity contribution in [2.24, 2.45) is 0 Å². The first-order valence-electron chi connectivity index (χ1n) is 5.81. The largest absolute Gasteiger partial charge is 0.328 e. The molecule has 3 nitrogen and oxygen atoms in total. The molecule has 0 aliphatic heterocycles. The van der Waals surface area contributed by atoms with E-state index in [4.69, 9.17) is 11.6 Å². The zero-order valence-electron chi connectivity index (χ0n) is 11.0. The Labute approximate surface area is 112 Å². The minimum atomic E-state index is 0.467. The molecule has 0 N–H and O–H groups in total. The lowest BCUT2D eigenvalue weighted by Crippen LogP contribution is -2.15. The summed E-state index contributed by atoms with van der Waals surface area (Å²) in [6, 6.07) is 8.19. The predicted octanol–water partition coefficient (Wildman–Crippen LogP) is 3.82.